The molecule has 0 radical (unpaired) electrons. The van der Waals surface area contributed by atoms with E-state index in [0.717, 1.165) is 38.5 Å². The Hall–Kier alpha value is -1.07. The number of unbranched alkanes of at least 4 members (excludes halogenated alkanes) is 25. The van der Waals surface area contributed by atoms with Gasteiger partial charge in [-0.2, -0.15) is 0 Å². The van der Waals surface area contributed by atoms with Crippen LogP contribution < -0.4 is 5.32 Å². The molecule has 51 heavy (non-hydrogen) atoms. The number of hydrogen-bond donors (Lipinski definition) is 6. The molecule has 1 rings (SSSR count). The van der Waals surface area contributed by atoms with Crippen molar-refractivity contribution in [3.8, 4) is 0 Å². The fraction of sp³-hybridized carbons (Fsp3) is 0.929. The van der Waals surface area contributed by atoms with Gasteiger partial charge < -0.3 is 40.3 Å². The summed E-state index contributed by atoms with van der Waals surface area (Å²) in [6, 6.07) is -0.795. The van der Waals surface area contributed by atoms with E-state index in [1.54, 1.807) is 6.08 Å². The number of aliphatic hydroxyl groups is 5. The standard InChI is InChI=1S/C42H81NO8/c1-3-5-7-9-11-12-13-14-15-16-17-18-19-20-21-22-23-24-26-28-30-32-38(46)43-35(36(45)31-29-27-25-10-8-6-4-2)34-50-42-41(49)40(48)39(47)37(33-44)51-42/h29,31,35-37,39-42,44-45,47-49H,3-28,30,32-34H2,1-2H3,(H,43,46)/b31-29+. The summed E-state index contributed by atoms with van der Waals surface area (Å²) in [6.07, 6.45) is 30.0. The van der Waals surface area contributed by atoms with E-state index in [0.29, 0.717) is 6.42 Å². The summed E-state index contributed by atoms with van der Waals surface area (Å²) in [4.78, 5) is 12.9. The van der Waals surface area contributed by atoms with Crippen LogP contribution in [0.1, 0.15) is 194 Å². The Morgan fingerprint density at radius 3 is 1.53 bits per heavy atom. The van der Waals surface area contributed by atoms with Gasteiger partial charge in [0.1, 0.15) is 24.4 Å². The van der Waals surface area contributed by atoms with Gasteiger partial charge in [-0.05, 0) is 19.3 Å². The van der Waals surface area contributed by atoms with Gasteiger partial charge in [0.15, 0.2) is 6.29 Å². The van der Waals surface area contributed by atoms with Crippen molar-refractivity contribution >= 4 is 5.91 Å². The first-order valence-electron chi connectivity index (χ1n) is 21.4. The van der Waals surface area contributed by atoms with Crippen molar-refractivity contribution in [2.24, 2.45) is 0 Å². The predicted octanol–water partition coefficient (Wildman–Crippen LogP) is 8.17. The second-order valence-corrected chi connectivity index (χ2v) is 15.1. The number of hydrogen-bond acceptors (Lipinski definition) is 8. The maximum absolute atomic E-state index is 12.9. The van der Waals surface area contributed by atoms with Crippen LogP contribution in [0.4, 0.5) is 0 Å². The normalized spacial score (nSPS) is 22.1. The van der Waals surface area contributed by atoms with Crippen LogP contribution in [-0.4, -0.2) is 87.5 Å². The van der Waals surface area contributed by atoms with Crippen LogP contribution in [0.15, 0.2) is 12.2 Å². The molecular formula is C42H81NO8. The third kappa shape index (κ3) is 24.8. The lowest BCUT2D eigenvalue weighted by Crippen LogP contribution is -2.60. The molecule has 7 atom stereocenters. The minimum atomic E-state index is -1.56. The van der Waals surface area contributed by atoms with Crippen molar-refractivity contribution < 1.29 is 39.8 Å². The predicted molar refractivity (Wildman–Crippen MR) is 207 cm³/mol. The molecular weight excluding hydrogens is 646 g/mol. The zero-order chi connectivity index (χ0) is 37.4. The molecule has 1 aliphatic rings. The van der Waals surface area contributed by atoms with Gasteiger partial charge in [-0.3, -0.25) is 4.79 Å². The Bertz CT molecular complexity index is 812. The van der Waals surface area contributed by atoms with Crippen molar-refractivity contribution in [2.75, 3.05) is 13.2 Å². The molecule has 1 aliphatic heterocycles. The van der Waals surface area contributed by atoms with Gasteiger partial charge in [0.05, 0.1) is 25.4 Å². The molecule has 1 fully saturated rings. The number of carbonyl (C=O) groups excluding carboxylic acids is 1. The lowest BCUT2D eigenvalue weighted by molar-refractivity contribution is -0.302. The molecule has 9 heteroatoms. The van der Waals surface area contributed by atoms with Gasteiger partial charge in [-0.15, -0.1) is 0 Å². The van der Waals surface area contributed by atoms with Crippen molar-refractivity contribution in [1.29, 1.82) is 0 Å². The highest BCUT2D eigenvalue weighted by molar-refractivity contribution is 5.76. The number of nitrogens with one attached hydrogen (secondary N) is 1. The minimum Gasteiger partial charge on any atom is -0.394 e. The van der Waals surface area contributed by atoms with Gasteiger partial charge in [0.2, 0.25) is 5.91 Å². The number of allylic oxidation sites excluding steroid dienone is 1. The summed E-state index contributed by atoms with van der Waals surface area (Å²) >= 11 is 0. The number of rotatable bonds is 35. The van der Waals surface area contributed by atoms with E-state index >= 15 is 0 Å². The van der Waals surface area contributed by atoms with E-state index < -0.39 is 49.5 Å². The van der Waals surface area contributed by atoms with E-state index in [4.69, 9.17) is 9.47 Å². The van der Waals surface area contributed by atoms with Crippen LogP contribution in [-0.2, 0) is 14.3 Å². The lowest BCUT2D eigenvalue weighted by atomic mass is 9.99. The molecule has 0 aromatic heterocycles. The van der Waals surface area contributed by atoms with Crippen LogP contribution in [0.3, 0.4) is 0 Å². The SMILES string of the molecule is CCCCCCC/C=C/C(O)C(COC1OC(CO)C(O)C(O)C1O)NC(=O)CCCCCCCCCCCCCCCCCCCCCCC. The number of ether oxygens (including phenoxy) is 2. The van der Waals surface area contributed by atoms with Crippen LogP contribution in [0.2, 0.25) is 0 Å². The summed E-state index contributed by atoms with van der Waals surface area (Å²) in [5, 5.41) is 53.8. The molecule has 1 saturated heterocycles. The van der Waals surface area contributed by atoms with Gasteiger partial charge in [0, 0.05) is 6.42 Å². The third-order valence-electron chi connectivity index (χ3n) is 10.4. The zero-order valence-electron chi connectivity index (χ0n) is 32.9. The average Bonchev–Trinajstić information content (AvgIpc) is 3.13. The van der Waals surface area contributed by atoms with Crippen molar-refractivity contribution in [3.63, 3.8) is 0 Å². The average molecular weight is 728 g/mol. The van der Waals surface area contributed by atoms with Gasteiger partial charge in [0.25, 0.3) is 0 Å². The Labute approximate surface area is 312 Å². The van der Waals surface area contributed by atoms with E-state index in [2.05, 4.69) is 19.2 Å². The topological polar surface area (TPSA) is 149 Å². The van der Waals surface area contributed by atoms with E-state index in [9.17, 15) is 30.3 Å². The largest absolute Gasteiger partial charge is 0.394 e. The molecule has 9 nitrogen and oxygen atoms in total. The Morgan fingerprint density at radius 1 is 0.647 bits per heavy atom. The zero-order valence-corrected chi connectivity index (χ0v) is 32.9. The number of amides is 1. The maximum atomic E-state index is 12.9. The van der Waals surface area contributed by atoms with E-state index in [-0.39, 0.29) is 12.5 Å². The lowest BCUT2D eigenvalue weighted by Gasteiger charge is -2.40. The Morgan fingerprint density at radius 2 is 1.08 bits per heavy atom. The molecule has 1 heterocycles. The molecule has 7 unspecified atom stereocenters. The number of carbonyl (C=O) groups is 1. The highest BCUT2D eigenvalue weighted by atomic mass is 16.7. The molecule has 0 aliphatic carbocycles. The second-order valence-electron chi connectivity index (χ2n) is 15.1. The van der Waals surface area contributed by atoms with Crippen LogP contribution in [0, 0.1) is 0 Å². The van der Waals surface area contributed by atoms with Gasteiger partial charge in [-0.25, -0.2) is 0 Å². The molecule has 1 amide bonds. The molecule has 6 N–H and O–H groups in total. The fourth-order valence-corrected chi connectivity index (χ4v) is 6.86. The highest BCUT2D eigenvalue weighted by Gasteiger charge is 2.44. The summed E-state index contributed by atoms with van der Waals surface area (Å²) in [5.41, 5.74) is 0. The van der Waals surface area contributed by atoms with Crippen molar-refractivity contribution in [3.05, 3.63) is 12.2 Å². The summed E-state index contributed by atoms with van der Waals surface area (Å²) < 4.78 is 11.1. The highest BCUT2D eigenvalue weighted by Crippen LogP contribution is 2.22. The minimum absolute atomic E-state index is 0.178. The van der Waals surface area contributed by atoms with Gasteiger partial charge in [-0.1, -0.05) is 180 Å². The first kappa shape index (κ1) is 48.0. The molecule has 0 saturated carbocycles. The summed E-state index contributed by atoms with van der Waals surface area (Å²) in [6.45, 7) is 3.71. The Kier molecular flexibility index (Phi) is 31.5. The smallest absolute Gasteiger partial charge is 0.220 e. The van der Waals surface area contributed by atoms with E-state index in [1.807, 2.05) is 6.08 Å². The maximum Gasteiger partial charge on any atom is 0.220 e. The van der Waals surface area contributed by atoms with Crippen LogP contribution in [0.25, 0.3) is 0 Å². The molecule has 302 valence electrons. The fourth-order valence-electron chi connectivity index (χ4n) is 6.86. The second kappa shape index (κ2) is 33.5. The van der Waals surface area contributed by atoms with E-state index in [1.165, 1.54) is 135 Å². The monoisotopic (exact) mass is 728 g/mol. The molecule has 0 bridgehead atoms. The molecule has 0 aromatic rings. The molecule has 0 spiro atoms. The number of aliphatic hydroxyl groups excluding tert-OH is 5. The first-order chi connectivity index (χ1) is 24.8. The van der Waals surface area contributed by atoms with Gasteiger partial charge >= 0.3 is 0 Å². The Balaban J connectivity index is 2.23. The van der Waals surface area contributed by atoms with Crippen molar-refractivity contribution in [1.82, 2.24) is 5.32 Å². The van der Waals surface area contributed by atoms with Crippen LogP contribution in [0.5, 0.6) is 0 Å². The first-order valence-corrected chi connectivity index (χ1v) is 21.4. The van der Waals surface area contributed by atoms with Crippen molar-refractivity contribution in [2.45, 2.75) is 236 Å². The summed E-state index contributed by atoms with van der Waals surface area (Å²) in [5.74, 6) is -0.178. The van der Waals surface area contributed by atoms with Crippen LogP contribution >= 0.6 is 0 Å². The molecule has 0 aromatic carbocycles. The third-order valence-corrected chi connectivity index (χ3v) is 10.4. The quantitative estimate of drug-likeness (QED) is 0.0283. The summed E-state index contributed by atoms with van der Waals surface area (Å²) in [7, 11) is 0.